The zero-order chi connectivity index (χ0) is 17.7. The van der Waals surface area contributed by atoms with Gasteiger partial charge < -0.3 is 10.1 Å². The minimum atomic E-state index is -0.585. The maximum Gasteiger partial charge on any atom is 0.266 e. The summed E-state index contributed by atoms with van der Waals surface area (Å²) in [5, 5.41) is 13.0. The van der Waals surface area contributed by atoms with E-state index in [0.29, 0.717) is 32.1 Å². The minimum Gasteiger partial charge on any atom is -0.496 e. The third-order valence-electron chi connectivity index (χ3n) is 3.03. The smallest absolute Gasteiger partial charge is 0.266 e. The predicted octanol–water partition coefficient (Wildman–Crippen LogP) is 5.20. The Morgan fingerprint density at radius 2 is 1.92 bits per heavy atom. The number of methoxy groups -OCH3 is 1. The van der Waals surface area contributed by atoms with Crippen LogP contribution in [0.4, 0.5) is 5.69 Å². The van der Waals surface area contributed by atoms with Crippen molar-refractivity contribution in [2.75, 3.05) is 12.4 Å². The summed E-state index contributed by atoms with van der Waals surface area (Å²) < 4.78 is 5.20. The lowest BCUT2D eigenvalue weighted by atomic mass is 10.1. The van der Waals surface area contributed by atoms with Gasteiger partial charge in [-0.15, -0.1) is 0 Å². The highest BCUT2D eigenvalue weighted by Crippen LogP contribution is 2.27. The van der Waals surface area contributed by atoms with Crippen molar-refractivity contribution in [3.63, 3.8) is 0 Å². The molecule has 2 rings (SSSR count). The van der Waals surface area contributed by atoms with Gasteiger partial charge in [-0.05, 0) is 42.5 Å². The van der Waals surface area contributed by atoms with Crippen LogP contribution >= 0.6 is 34.8 Å². The first-order chi connectivity index (χ1) is 11.4. The third-order valence-corrected chi connectivity index (χ3v) is 4.01. The lowest BCUT2D eigenvalue weighted by molar-refractivity contribution is -0.112. The van der Waals surface area contributed by atoms with Gasteiger partial charge in [0.25, 0.3) is 5.91 Å². The van der Waals surface area contributed by atoms with Crippen molar-refractivity contribution >= 4 is 52.5 Å². The molecule has 0 radical (unpaired) electrons. The quantitative estimate of drug-likeness (QED) is 0.585. The molecular weight excluding hydrogens is 371 g/mol. The molecule has 0 unspecified atom stereocenters. The summed E-state index contributed by atoms with van der Waals surface area (Å²) in [7, 11) is 1.49. The fourth-order valence-corrected chi connectivity index (χ4v) is 2.37. The molecular formula is C17H11Cl3N2O2. The van der Waals surface area contributed by atoms with Crippen molar-refractivity contribution in [1.82, 2.24) is 0 Å². The van der Waals surface area contributed by atoms with Gasteiger partial charge in [-0.25, -0.2) is 0 Å². The number of halogens is 3. The van der Waals surface area contributed by atoms with E-state index in [9.17, 15) is 10.1 Å². The molecule has 0 saturated carbocycles. The van der Waals surface area contributed by atoms with Crippen LogP contribution in [0.2, 0.25) is 15.1 Å². The van der Waals surface area contributed by atoms with Gasteiger partial charge in [-0.1, -0.05) is 34.8 Å². The van der Waals surface area contributed by atoms with Crippen molar-refractivity contribution in [2.45, 2.75) is 0 Å². The number of benzene rings is 2. The van der Waals surface area contributed by atoms with Crippen molar-refractivity contribution in [3.05, 3.63) is 62.6 Å². The molecule has 0 aromatic heterocycles. The van der Waals surface area contributed by atoms with E-state index in [1.54, 1.807) is 30.3 Å². The van der Waals surface area contributed by atoms with Crippen molar-refractivity contribution < 1.29 is 9.53 Å². The van der Waals surface area contributed by atoms with Crippen LogP contribution in [0.3, 0.4) is 0 Å². The van der Waals surface area contributed by atoms with Crippen LogP contribution in [0.25, 0.3) is 6.08 Å². The number of hydrogen-bond donors (Lipinski definition) is 1. The Morgan fingerprint density at radius 3 is 2.54 bits per heavy atom. The van der Waals surface area contributed by atoms with Gasteiger partial charge in [-0.2, -0.15) is 5.26 Å². The molecule has 4 nitrogen and oxygen atoms in total. The molecule has 0 atom stereocenters. The Kier molecular flexibility index (Phi) is 6.10. The largest absolute Gasteiger partial charge is 0.496 e. The fraction of sp³-hybridized carbons (Fsp3) is 0.0588. The molecule has 2 aromatic rings. The summed E-state index contributed by atoms with van der Waals surface area (Å²) in [6.07, 6.45) is 1.40. The first-order valence-electron chi connectivity index (χ1n) is 6.66. The zero-order valence-electron chi connectivity index (χ0n) is 12.4. The molecule has 7 heteroatoms. The molecule has 0 aliphatic carbocycles. The first-order valence-corrected chi connectivity index (χ1v) is 7.79. The van der Waals surface area contributed by atoms with Gasteiger partial charge in [0.15, 0.2) is 0 Å². The van der Waals surface area contributed by atoms with E-state index in [-0.39, 0.29) is 5.57 Å². The molecule has 0 heterocycles. The van der Waals surface area contributed by atoms with Gasteiger partial charge in [0.1, 0.15) is 17.4 Å². The average molecular weight is 382 g/mol. The van der Waals surface area contributed by atoms with Crippen LogP contribution < -0.4 is 10.1 Å². The first kappa shape index (κ1) is 18.2. The van der Waals surface area contributed by atoms with E-state index in [4.69, 9.17) is 39.5 Å². The minimum absolute atomic E-state index is 0.110. The summed E-state index contributed by atoms with van der Waals surface area (Å²) in [6, 6.07) is 11.4. The number of nitrogens with one attached hydrogen (secondary N) is 1. The highest BCUT2D eigenvalue weighted by Gasteiger charge is 2.12. The van der Waals surface area contributed by atoms with Gasteiger partial charge in [0, 0.05) is 16.3 Å². The SMILES string of the molecule is COc1ccc(Cl)cc1/C=C(\C#N)C(=O)Nc1ccc(Cl)c(Cl)c1. The molecule has 0 aliphatic heterocycles. The van der Waals surface area contributed by atoms with Gasteiger partial charge in [0.2, 0.25) is 0 Å². The zero-order valence-corrected chi connectivity index (χ0v) is 14.7. The summed E-state index contributed by atoms with van der Waals surface area (Å²) in [4.78, 5) is 12.3. The number of carbonyl (C=O) groups is 1. The summed E-state index contributed by atoms with van der Waals surface area (Å²) >= 11 is 17.7. The molecule has 0 fully saturated rings. The number of ether oxygens (including phenoxy) is 1. The van der Waals surface area contributed by atoms with E-state index in [2.05, 4.69) is 5.32 Å². The standard InChI is InChI=1S/C17H11Cl3N2O2/c1-24-16-5-2-12(18)7-10(16)6-11(9-21)17(23)22-13-3-4-14(19)15(20)8-13/h2-8H,1H3,(H,22,23)/b11-6+. The highest BCUT2D eigenvalue weighted by atomic mass is 35.5. The van der Waals surface area contributed by atoms with Crippen LogP contribution in [-0.4, -0.2) is 13.0 Å². The maximum absolute atomic E-state index is 12.3. The maximum atomic E-state index is 12.3. The average Bonchev–Trinajstić information content (AvgIpc) is 2.56. The van der Waals surface area contributed by atoms with Gasteiger partial charge >= 0.3 is 0 Å². The lowest BCUT2D eigenvalue weighted by Gasteiger charge is -2.07. The Labute approximate surface area is 154 Å². The number of hydrogen-bond acceptors (Lipinski definition) is 3. The van der Waals surface area contributed by atoms with Crippen molar-refractivity contribution in [3.8, 4) is 11.8 Å². The molecule has 2 aromatic carbocycles. The molecule has 1 N–H and O–H groups in total. The Morgan fingerprint density at radius 1 is 1.17 bits per heavy atom. The number of anilines is 1. The van der Waals surface area contributed by atoms with E-state index >= 15 is 0 Å². The van der Waals surface area contributed by atoms with Crippen LogP contribution in [0.5, 0.6) is 5.75 Å². The molecule has 0 bridgehead atoms. The predicted molar refractivity (Wildman–Crippen MR) is 96.7 cm³/mol. The Balaban J connectivity index is 2.30. The molecule has 122 valence electrons. The van der Waals surface area contributed by atoms with Gasteiger partial charge in [0.05, 0.1) is 17.2 Å². The van der Waals surface area contributed by atoms with E-state index in [0.717, 1.165) is 0 Å². The van der Waals surface area contributed by atoms with Crippen LogP contribution in [-0.2, 0) is 4.79 Å². The number of carbonyl (C=O) groups excluding carboxylic acids is 1. The second-order valence-corrected chi connectivity index (χ2v) is 5.89. The summed E-state index contributed by atoms with van der Waals surface area (Å²) in [5.74, 6) is -0.0904. The number of rotatable bonds is 4. The summed E-state index contributed by atoms with van der Waals surface area (Å²) in [5.41, 5.74) is 0.834. The Bertz CT molecular complexity index is 857. The monoisotopic (exact) mass is 380 g/mol. The van der Waals surface area contributed by atoms with Crippen molar-refractivity contribution in [1.29, 1.82) is 5.26 Å². The molecule has 0 saturated heterocycles. The second-order valence-electron chi connectivity index (χ2n) is 4.64. The summed E-state index contributed by atoms with van der Waals surface area (Å²) in [6.45, 7) is 0. The highest BCUT2D eigenvalue weighted by molar-refractivity contribution is 6.42. The van der Waals surface area contributed by atoms with Gasteiger partial charge in [-0.3, -0.25) is 4.79 Å². The van der Waals surface area contributed by atoms with E-state index in [1.807, 2.05) is 6.07 Å². The fourth-order valence-electron chi connectivity index (χ4n) is 1.89. The van der Waals surface area contributed by atoms with Crippen LogP contribution in [0.15, 0.2) is 42.0 Å². The Hall–Kier alpha value is -2.19. The number of nitriles is 1. The third kappa shape index (κ3) is 4.42. The van der Waals surface area contributed by atoms with E-state index in [1.165, 1.54) is 19.3 Å². The molecule has 1 amide bonds. The second kappa shape index (κ2) is 8.07. The molecule has 0 aliphatic rings. The number of nitrogens with zero attached hydrogens (tertiary/aromatic N) is 1. The van der Waals surface area contributed by atoms with Crippen molar-refractivity contribution in [2.24, 2.45) is 0 Å². The topological polar surface area (TPSA) is 62.1 Å². The lowest BCUT2D eigenvalue weighted by Crippen LogP contribution is -2.13. The molecule has 0 spiro atoms. The molecule has 24 heavy (non-hydrogen) atoms. The van der Waals surface area contributed by atoms with Crippen LogP contribution in [0.1, 0.15) is 5.56 Å². The normalized spacial score (nSPS) is 10.9. The van der Waals surface area contributed by atoms with Crippen LogP contribution in [0, 0.1) is 11.3 Å². The van der Waals surface area contributed by atoms with E-state index < -0.39 is 5.91 Å². The number of amides is 1.